The summed E-state index contributed by atoms with van der Waals surface area (Å²) in [5, 5.41) is 9.20. The molecule has 2 aromatic rings. The summed E-state index contributed by atoms with van der Waals surface area (Å²) in [5.41, 5.74) is 1.47. The smallest absolute Gasteiger partial charge is 0.254 e. The molecule has 106 valence electrons. The summed E-state index contributed by atoms with van der Waals surface area (Å²) in [6.07, 6.45) is 0.584. The van der Waals surface area contributed by atoms with Crippen LogP contribution < -0.4 is 5.56 Å². The van der Waals surface area contributed by atoms with E-state index in [4.69, 9.17) is 16.7 Å². The van der Waals surface area contributed by atoms with E-state index in [0.29, 0.717) is 34.1 Å². The van der Waals surface area contributed by atoms with Gasteiger partial charge in [0.1, 0.15) is 11.6 Å². The highest BCUT2D eigenvalue weighted by Crippen LogP contribution is 2.19. The van der Waals surface area contributed by atoms with E-state index in [0.717, 1.165) is 0 Å². The van der Waals surface area contributed by atoms with Gasteiger partial charge in [0.15, 0.2) is 0 Å². The van der Waals surface area contributed by atoms with Crippen LogP contribution >= 0.6 is 11.6 Å². The second-order valence-corrected chi connectivity index (χ2v) is 4.87. The summed E-state index contributed by atoms with van der Waals surface area (Å²) < 4.78 is 13.0. The highest BCUT2D eigenvalue weighted by atomic mass is 35.5. The number of aromatic nitrogens is 2. The van der Waals surface area contributed by atoms with E-state index in [-0.39, 0.29) is 18.6 Å². The molecule has 4 nitrogen and oxygen atoms in total. The lowest BCUT2D eigenvalue weighted by Gasteiger charge is -2.07. The van der Waals surface area contributed by atoms with E-state index in [2.05, 4.69) is 9.97 Å². The summed E-state index contributed by atoms with van der Waals surface area (Å²) in [4.78, 5) is 18.8. The maximum Gasteiger partial charge on any atom is 0.254 e. The molecule has 1 heterocycles. The van der Waals surface area contributed by atoms with Crippen LogP contribution in [0.25, 0.3) is 0 Å². The number of aryl methyl sites for hydroxylation is 1. The molecule has 0 fully saturated rings. The van der Waals surface area contributed by atoms with Crippen molar-refractivity contribution >= 4 is 11.6 Å². The molecule has 0 aliphatic heterocycles. The first-order chi connectivity index (χ1) is 9.51. The zero-order valence-corrected chi connectivity index (χ0v) is 11.7. The Balaban J connectivity index is 2.33. The van der Waals surface area contributed by atoms with Crippen molar-refractivity contribution in [3.63, 3.8) is 0 Å². The lowest BCUT2D eigenvalue weighted by atomic mass is 10.1. The van der Waals surface area contributed by atoms with E-state index >= 15 is 0 Å². The van der Waals surface area contributed by atoms with Gasteiger partial charge in [-0.15, -0.1) is 0 Å². The molecule has 0 saturated carbocycles. The van der Waals surface area contributed by atoms with Crippen molar-refractivity contribution in [2.45, 2.75) is 19.8 Å². The maximum absolute atomic E-state index is 13.0. The van der Waals surface area contributed by atoms with E-state index in [1.165, 1.54) is 12.1 Å². The van der Waals surface area contributed by atoms with Gasteiger partial charge in [-0.2, -0.15) is 0 Å². The maximum atomic E-state index is 13.0. The molecule has 20 heavy (non-hydrogen) atoms. The minimum absolute atomic E-state index is 0.102. The molecule has 0 saturated heterocycles. The van der Waals surface area contributed by atoms with Gasteiger partial charge in [-0.25, -0.2) is 9.37 Å². The highest BCUT2D eigenvalue weighted by molar-refractivity contribution is 6.31. The molecule has 0 bridgehead atoms. The Morgan fingerprint density at radius 1 is 1.45 bits per heavy atom. The largest absolute Gasteiger partial charge is 0.396 e. The normalized spacial score (nSPS) is 10.8. The summed E-state index contributed by atoms with van der Waals surface area (Å²) in [7, 11) is 0. The summed E-state index contributed by atoms with van der Waals surface area (Å²) in [5.74, 6) is 0.0531. The number of aliphatic hydroxyl groups excluding tert-OH is 1. The molecule has 1 aromatic heterocycles. The van der Waals surface area contributed by atoms with Crippen molar-refractivity contribution in [2.24, 2.45) is 0 Å². The fourth-order valence-electron chi connectivity index (χ4n) is 2.00. The summed E-state index contributed by atoms with van der Waals surface area (Å²) >= 11 is 5.95. The summed E-state index contributed by atoms with van der Waals surface area (Å²) in [6.45, 7) is 1.62. The average molecular weight is 297 g/mol. The molecular weight excluding hydrogens is 283 g/mol. The first kappa shape index (κ1) is 14.7. The van der Waals surface area contributed by atoms with Crippen molar-refractivity contribution in [3.8, 4) is 0 Å². The number of benzene rings is 1. The van der Waals surface area contributed by atoms with Crippen molar-refractivity contribution in [1.29, 1.82) is 0 Å². The van der Waals surface area contributed by atoms with Crippen LogP contribution in [0.3, 0.4) is 0 Å². The Kier molecular flexibility index (Phi) is 4.52. The van der Waals surface area contributed by atoms with Crippen LogP contribution in [-0.2, 0) is 12.8 Å². The standard InChI is InChI=1S/C14H14ClFN2O2/c1-8-11(4-5-19)14(20)18-13(17-8)6-9-2-3-10(16)7-12(9)15/h2-3,7,19H,4-6H2,1H3,(H,17,18,20). The van der Waals surface area contributed by atoms with Crippen LogP contribution in [0.15, 0.2) is 23.0 Å². The lowest BCUT2D eigenvalue weighted by Crippen LogP contribution is -2.20. The van der Waals surface area contributed by atoms with E-state index in [1.54, 1.807) is 13.0 Å². The third-order valence-corrected chi connectivity index (χ3v) is 3.36. The van der Waals surface area contributed by atoms with Gasteiger partial charge < -0.3 is 10.1 Å². The quantitative estimate of drug-likeness (QED) is 0.907. The number of H-pyrrole nitrogens is 1. The first-order valence-corrected chi connectivity index (χ1v) is 6.52. The average Bonchev–Trinajstić information content (AvgIpc) is 2.37. The summed E-state index contributed by atoms with van der Waals surface area (Å²) in [6, 6.07) is 4.10. The van der Waals surface area contributed by atoms with Gasteiger partial charge in [0.2, 0.25) is 0 Å². The van der Waals surface area contributed by atoms with Gasteiger partial charge in [-0.3, -0.25) is 4.79 Å². The fraction of sp³-hybridized carbons (Fsp3) is 0.286. The van der Waals surface area contributed by atoms with Crippen LogP contribution in [0, 0.1) is 12.7 Å². The van der Waals surface area contributed by atoms with Crippen LogP contribution in [0.5, 0.6) is 0 Å². The van der Waals surface area contributed by atoms with Gasteiger partial charge in [0.25, 0.3) is 5.56 Å². The number of aromatic amines is 1. The Morgan fingerprint density at radius 3 is 2.80 bits per heavy atom. The van der Waals surface area contributed by atoms with Gasteiger partial charge in [0.05, 0.1) is 0 Å². The molecule has 0 atom stereocenters. The minimum atomic E-state index is -0.408. The number of nitrogens with one attached hydrogen (secondary N) is 1. The van der Waals surface area contributed by atoms with Gasteiger partial charge >= 0.3 is 0 Å². The predicted molar refractivity (Wildman–Crippen MR) is 74.6 cm³/mol. The zero-order valence-electron chi connectivity index (χ0n) is 10.9. The molecule has 1 aromatic carbocycles. The third-order valence-electron chi connectivity index (χ3n) is 3.01. The third kappa shape index (κ3) is 3.23. The van der Waals surface area contributed by atoms with Crippen LogP contribution in [0.1, 0.15) is 22.6 Å². The number of nitrogens with zero attached hydrogens (tertiary/aromatic N) is 1. The molecule has 0 radical (unpaired) electrons. The number of hydrogen-bond donors (Lipinski definition) is 2. The SMILES string of the molecule is Cc1nc(Cc2ccc(F)cc2Cl)[nH]c(=O)c1CCO. The Morgan fingerprint density at radius 2 is 2.20 bits per heavy atom. The van der Waals surface area contributed by atoms with Gasteiger partial charge in [0, 0.05) is 35.7 Å². The van der Waals surface area contributed by atoms with Crippen molar-refractivity contribution < 1.29 is 9.50 Å². The molecule has 0 aliphatic carbocycles. The van der Waals surface area contributed by atoms with E-state index in [1.807, 2.05) is 0 Å². The Bertz CT molecular complexity index is 685. The molecular formula is C14H14ClFN2O2. The van der Waals surface area contributed by atoms with Gasteiger partial charge in [-0.05, 0) is 24.6 Å². The molecule has 2 N–H and O–H groups in total. The lowest BCUT2D eigenvalue weighted by molar-refractivity contribution is 0.298. The molecule has 6 heteroatoms. The second kappa shape index (κ2) is 6.15. The van der Waals surface area contributed by atoms with Crippen LogP contribution in [0.4, 0.5) is 4.39 Å². The monoisotopic (exact) mass is 296 g/mol. The minimum Gasteiger partial charge on any atom is -0.396 e. The number of halogens is 2. The Labute approximate surface area is 120 Å². The molecule has 2 rings (SSSR count). The number of aliphatic hydroxyl groups is 1. The van der Waals surface area contributed by atoms with E-state index in [9.17, 15) is 9.18 Å². The molecule has 0 amide bonds. The number of rotatable bonds is 4. The predicted octanol–water partition coefficient (Wildman–Crippen LogP) is 2.00. The second-order valence-electron chi connectivity index (χ2n) is 4.46. The van der Waals surface area contributed by atoms with Gasteiger partial charge in [-0.1, -0.05) is 17.7 Å². The van der Waals surface area contributed by atoms with Crippen LogP contribution in [-0.4, -0.2) is 21.7 Å². The van der Waals surface area contributed by atoms with Crippen LogP contribution in [0.2, 0.25) is 5.02 Å². The van der Waals surface area contributed by atoms with Crippen molar-refractivity contribution in [1.82, 2.24) is 9.97 Å². The van der Waals surface area contributed by atoms with Crippen molar-refractivity contribution in [2.75, 3.05) is 6.61 Å². The first-order valence-electron chi connectivity index (χ1n) is 6.14. The highest BCUT2D eigenvalue weighted by Gasteiger charge is 2.10. The topological polar surface area (TPSA) is 66.0 Å². The molecule has 0 unspecified atom stereocenters. The molecule has 0 spiro atoms. The fourth-order valence-corrected chi connectivity index (χ4v) is 2.24. The van der Waals surface area contributed by atoms with E-state index < -0.39 is 5.82 Å². The zero-order chi connectivity index (χ0) is 14.7. The molecule has 0 aliphatic rings. The number of hydrogen-bond acceptors (Lipinski definition) is 3. The Hall–Kier alpha value is -1.72. The van der Waals surface area contributed by atoms with Crippen molar-refractivity contribution in [3.05, 3.63) is 62.0 Å².